The van der Waals surface area contributed by atoms with Gasteiger partial charge < -0.3 is 4.74 Å². The molecule has 7 heteroatoms. The zero-order valence-corrected chi connectivity index (χ0v) is 18.5. The molecule has 0 heterocycles. The van der Waals surface area contributed by atoms with Gasteiger partial charge in [-0.15, -0.1) is 0 Å². The molecule has 0 radical (unpaired) electrons. The van der Waals surface area contributed by atoms with Gasteiger partial charge in [0.2, 0.25) is 0 Å². The average molecular weight is 434 g/mol. The summed E-state index contributed by atoms with van der Waals surface area (Å²) >= 11 is 4.24. The van der Waals surface area contributed by atoms with Crippen LogP contribution in [0.3, 0.4) is 0 Å². The molecule has 2 aromatic carbocycles. The van der Waals surface area contributed by atoms with Gasteiger partial charge in [-0.25, -0.2) is 16.9 Å². The summed E-state index contributed by atoms with van der Waals surface area (Å²) in [4.78, 5) is 11.9. The summed E-state index contributed by atoms with van der Waals surface area (Å²) in [6.45, 7) is 1.73. The van der Waals surface area contributed by atoms with E-state index in [1.807, 2.05) is 12.1 Å². The molecule has 0 aliphatic heterocycles. The number of hydrogen-bond donors (Lipinski definition) is 1. The van der Waals surface area contributed by atoms with Crippen molar-refractivity contribution in [1.82, 2.24) is 0 Å². The molecule has 0 unspecified atom stereocenters. The van der Waals surface area contributed by atoms with Gasteiger partial charge in [-0.3, -0.25) is 0 Å². The molecule has 1 fully saturated rings. The summed E-state index contributed by atoms with van der Waals surface area (Å²) in [5, 5.41) is 0. The van der Waals surface area contributed by atoms with Crippen LogP contribution < -0.4 is 3.71 Å². The Labute approximate surface area is 178 Å². The normalized spacial score (nSPS) is 15.1. The van der Waals surface area contributed by atoms with Crippen molar-refractivity contribution in [3.63, 3.8) is 0 Å². The Morgan fingerprint density at radius 2 is 1.76 bits per heavy atom. The molecule has 2 aromatic rings. The van der Waals surface area contributed by atoms with E-state index < -0.39 is 16.0 Å². The van der Waals surface area contributed by atoms with Crippen LogP contribution in [0, 0.1) is 12.8 Å². The predicted octanol–water partition coefficient (Wildman–Crippen LogP) is 4.94. The van der Waals surface area contributed by atoms with Crippen LogP contribution in [-0.4, -0.2) is 21.5 Å². The Hall–Kier alpha value is -1.99. The Bertz CT molecular complexity index is 965. The van der Waals surface area contributed by atoms with Gasteiger partial charge in [0.25, 0.3) is 10.0 Å². The largest absolute Gasteiger partial charge is 0.465 e. The molecule has 1 saturated carbocycles. The molecule has 0 aromatic heterocycles. The maximum absolute atomic E-state index is 13.0. The van der Waals surface area contributed by atoms with Crippen LogP contribution >= 0.6 is 12.8 Å². The van der Waals surface area contributed by atoms with Gasteiger partial charge >= 0.3 is 5.97 Å². The summed E-state index contributed by atoms with van der Waals surface area (Å²) in [6, 6.07) is 11.9. The molecule has 5 nitrogen and oxygen atoms in total. The predicted molar refractivity (Wildman–Crippen MR) is 118 cm³/mol. The fraction of sp³-hybridized carbons (Fsp3) is 0.409. The molecule has 0 bridgehead atoms. The number of ether oxygens (including phenoxy) is 1. The first-order valence-electron chi connectivity index (χ1n) is 9.85. The van der Waals surface area contributed by atoms with Crippen LogP contribution in [-0.2, 0) is 21.2 Å². The van der Waals surface area contributed by atoms with Crippen molar-refractivity contribution in [3.8, 4) is 0 Å². The third-order valence-electron chi connectivity index (χ3n) is 5.55. The number of sulfonamides is 1. The minimum atomic E-state index is -3.92. The van der Waals surface area contributed by atoms with Crippen LogP contribution in [0.25, 0.3) is 0 Å². The second-order valence-electron chi connectivity index (χ2n) is 7.59. The Morgan fingerprint density at radius 3 is 2.38 bits per heavy atom. The van der Waals surface area contributed by atoms with Crippen LogP contribution in [0.5, 0.6) is 0 Å². The molecule has 0 spiro atoms. The van der Waals surface area contributed by atoms with Crippen LogP contribution in [0.15, 0.2) is 47.4 Å². The minimum absolute atomic E-state index is 0.00946. The molecule has 29 heavy (non-hydrogen) atoms. The van der Waals surface area contributed by atoms with E-state index in [1.54, 1.807) is 25.1 Å². The first-order valence-corrected chi connectivity index (χ1v) is 11.7. The van der Waals surface area contributed by atoms with Gasteiger partial charge in [-0.2, -0.15) is 0 Å². The number of hydrogen-bond acceptors (Lipinski definition) is 5. The second kappa shape index (κ2) is 9.22. The lowest BCUT2D eigenvalue weighted by Gasteiger charge is -2.22. The number of rotatable bonds is 6. The molecule has 0 amide bonds. The van der Waals surface area contributed by atoms with E-state index in [4.69, 9.17) is 4.74 Å². The molecule has 1 aliphatic carbocycles. The first-order chi connectivity index (χ1) is 13.8. The van der Waals surface area contributed by atoms with Crippen LogP contribution in [0.4, 0.5) is 5.69 Å². The molecular formula is C22H27NO4S2. The third kappa shape index (κ3) is 4.95. The Kier molecular flexibility index (Phi) is 6.90. The number of aryl methyl sites for hydroxylation is 1. The average Bonchev–Trinajstić information content (AvgIpc) is 2.74. The van der Waals surface area contributed by atoms with Gasteiger partial charge in [-0.05, 0) is 54.7 Å². The van der Waals surface area contributed by atoms with Crippen molar-refractivity contribution < 1.29 is 17.9 Å². The lowest BCUT2D eigenvalue weighted by molar-refractivity contribution is 0.0599. The molecule has 0 N–H and O–H groups in total. The fourth-order valence-corrected chi connectivity index (χ4v) is 5.34. The smallest absolute Gasteiger partial charge is 0.338 e. The fourth-order valence-electron chi connectivity index (χ4n) is 3.81. The maximum Gasteiger partial charge on any atom is 0.338 e. The minimum Gasteiger partial charge on any atom is -0.465 e. The van der Waals surface area contributed by atoms with Gasteiger partial charge in [-0.1, -0.05) is 63.1 Å². The van der Waals surface area contributed by atoms with E-state index in [9.17, 15) is 13.2 Å². The number of methoxy groups -OCH3 is 1. The van der Waals surface area contributed by atoms with Gasteiger partial charge in [0, 0.05) is 0 Å². The third-order valence-corrected chi connectivity index (χ3v) is 7.94. The molecule has 0 atom stereocenters. The highest BCUT2D eigenvalue weighted by Gasteiger charge is 2.25. The number of esters is 1. The Balaban J connectivity index is 1.79. The number of carbonyl (C=O) groups is 1. The van der Waals surface area contributed by atoms with E-state index in [2.05, 4.69) is 12.8 Å². The van der Waals surface area contributed by atoms with Crippen molar-refractivity contribution in [3.05, 3.63) is 59.2 Å². The van der Waals surface area contributed by atoms with E-state index in [1.165, 1.54) is 56.9 Å². The molecule has 0 saturated heterocycles. The highest BCUT2D eigenvalue weighted by atomic mass is 32.3. The van der Waals surface area contributed by atoms with Crippen molar-refractivity contribution in [2.75, 3.05) is 10.8 Å². The van der Waals surface area contributed by atoms with E-state index in [-0.39, 0.29) is 10.5 Å². The van der Waals surface area contributed by atoms with E-state index in [0.29, 0.717) is 11.3 Å². The van der Waals surface area contributed by atoms with Gasteiger partial charge in [0.05, 0.1) is 23.3 Å². The van der Waals surface area contributed by atoms with Gasteiger partial charge in [0.15, 0.2) is 0 Å². The number of anilines is 1. The zero-order valence-electron chi connectivity index (χ0n) is 16.8. The standard InChI is InChI=1S/C22H27NO4S2/c1-16-8-13-20(15-21(16)22(24)27-2)29(25,26)23(28)19-11-9-18(10-12-19)14-17-6-4-3-5-7-17/h8-13,15,17,28H,3-7,14H2,1-2H3. The van der Waals surface area contributed by atoms with E-state index in [0.717, 1.165) is 16.0 Å². The summed E-state index contributed by atoms with van der Waals surface area (Å²) in [5.74, 6) is 0.145. The first kappa shape index (κ1) is 21.7. The van der Waals surface area contributed by atoms with Crippen LogP contribution in [0.1, 0.15) is 53.6 Å². The monoisotopic (exact) mass is 433 g/mol. The van der Waals surface area contributed by atoms with Crippen molar-refractivity contribution in [2.24, 2.45) is 5.92 Å². The lowest BCUT2D eigenvalue weighted by atomic mass is 9.85. The highest BCUT2D eigenvalue weighted by Crippen LogP contribution is 2.30. The molecule has 3 rings (SSSR count). The molecular weight excluding hydrogens is 406 g/mol. The number of carbonyl (C=O) groups excluding carboxylic acids is 1. The SMILES string of the molecule is COC(=O)c1cc(S(=O)(=O)N(S)c2ccc(CC3CCCCC3)cc2)ccc1C. The summed E-state index contributed by atoms with van der Waals surface area (Å²) in [7, 11) is -2.66. The summed E-state index contributed by atoms with van der Waals surface area (Å²) in [5.41, 5.74) is 2.54. The van der Waals surface area contributed by atoms with E-state index >= 15 is 0 Å². The van der Waals surface area contributed by atoms with Crippen molar-refractivity contribution in [2.45, 2.75) is 50.3 Å². The maximum atomic E-state index is 13.0. The summed E-state index contributed by atoms with van der Waals surface area (Å²) < 4.78 is 31.7. The number of nitrogens with zero attached hydrogens (tertiary/aromatic N) is 1. The number of thiol groups is 1. The second-order valence-corrected chi connectivity index (χ2v) is 10.0. The topological polar surface area (TPSA) is 63.7 Å². The number of benzene rings is 2. The van der Waals surface area contributed by atoms with Crippen molar-refractivity contribution >= 4 is 34.5 Å². The lowest BCUT2D eigenvalue weighted by Crippen LogP contribution is -2.22. The van der Waals surface area contributed by atoms with Gasteiger partial charge in [0.1, 0.15) is 0 Å². The Morgan fingerprint density at radius 1 is 1.10 bits per heavy atom. The van der Waals surface area contributed by atoms with Crippen molar-refractivity contribution in [1.29, 1.82) is 0 Å². The van der Waals surface area contributed by atoms with Crippen LogP contribution in [0.2, 0.25) is 0 Å². The quantitative estimate of drug-likeness (QED) is 0.517. The highest BCUT2D eigenvalue weighted by molar-refractivity contribution is 8.06. The molecule has 156 valence electrons. The summed E-state index contributed by atoms with van der Waals surface area (Å²) in [6.07, 6.45) is 7.50. The molecule has 1 aliphatic rings. The zero-order chi connectivity index (χ0) is 21.0.